The number of hydrogen-bond donors (Lipinski definition) is 0. The zero-order valence-corrected chi connectivity index (χ0v) is 13.6. The highest BCUT2D eigenvalue weighted by molar-refractivity contribution is 6.35. The number of hydrogen-bond acceptors (Lipinski definition) is 3. The first-order valence-corrected chi connectivity index (χ1v) is 7.96. The molecule has 1 fully saturated rings. The van der Waals surface area contributed by atoms with Gasteiger partial charge in [0.2, 0.25) is 0 Å². The summed E-state index contributed by atoms with van der Waals surface area (Å²) in [7, 11) is 4.24. The van der Waals surface area contributed by atoms with Crippen molar-refractivity contribution in [1.82, 2.24) is 9.47 Å². The number of non-ortho nitro benzene ring substituents is 1. The second-order valence-corrected chi connectivity index (χ2v) is 6.68. The van der Waals surface area contributed by atoms with Crippen LogP contribution in [0.4, 0.5) is 5.69 Å². The van der Waals surface area contributed by atoms with Crippen LogP contribution >= 0.6 is 11.6 Å². The summed E-state index contributed by atoms with van der Waals surface area (Å²) in [6.45, 7) is 0. The smallest absolute Gasteiger partial charge is 0.271 e. The average molecular weight is 322 g/mol. The van der Waals surface area contributed by atoms with Crippen molar-refractivity contribution in [3.8, 4) is 0 Å². The predicted octanol–water partition coefficient (Wildman–Crippen LogP) is 4.25. The number of halogens is 1. The topological polar surface area (TPSA) is 51.3 Å². The maximum absolute atomic E-state index is 11.0. The van der Waals surface area contributed by atoms with E-state index in [4.69, 9.17) is 11.6 Å². The first kappa shape index (κ1) is 15.3. The van der Waals surface area contributed by atoms with E-state index in [1.54, 1.807) is 12.1 Å². The summed E-state index contributed by atoms with van der Waals surface area (Å²) in [4.78, 5) is 12.9. The SMILES string of the molecule is CN(C)C1CCC(n2cc(Cl)c3ccc([N+](=O)[O-])cc32)CC1. The van der Waals surface area contributed by atoms with Gasteiger partial charge in [0, 0.05) is 35.8 Å². The van der Waals surface area contributed by atoms with Crippen LogP contribution in [0.25, 0.3) is 10.9 Å². The molecule has 0 bridgehead atoms. The van der Waals surface area contributed by atoms with Crippen LogP contribution in [-0.4, -0.2) is 34.5 Å². The molecule has 1 aliphatic rings. The highest BCUT2D eigenvalue weighted by atomic mass is 35.5. The summed E-state index contributed by atoms with van der Waals surface area (Å²) in [6.07, 6.45) is 6.36. The van der Waals surface area contributed by atoms with Gasteiger partial charge in [-0.2, -0.15) is 0 Å². The van der Waals surface area contributed by atoms with Gasteiger partial charge in [-0.3, -0.25) is 10.1 Å². The maximum atomic E-state index is 11.0. The molecule has 0 amide bonds. The van der Waals surface area contributed by atoms with Crippen molar-refractivity contribution in [2.75, 3.05) is 14.1 Å². The third-order valence-electron chi connectivity index (χ3n) is 4.77. The summed E-state index contributed by atoms with van der Waals surface area (Å²) in [5.74, 6) is 0. The van der Waals surface area contributed by atoms with Crippen molar-refractivity contribution in [2.24, 2.45) is 0 Å². The van der Waals surface area contributed by atoms with Gasteiger partial charge in [-0.1, -0.05) is 11.6 Å². The molecule has 0 aliphatic heterocycles. The number of fused-ring (bicyclic) bond motifs is 1. The second-order valence-electron chi connectivity index (χ2n) is 6.27. The van der Waals surface area contributed by atoms with E-state index in [0.29, 0.717) is 17.1 Å². The number of nitrogens with zero attached hydrogens (tertiary/aromatic N) is 3. The van der Waals surface area contributed by atoms with E-state index in [0.717, 1.165) is 36.6 Å². The molecule has 6 heteroatoms. The van der Waals surface area contributed by atoms with Gasteiger partial charge in [0.1, 0.15) is 0 Å². The van der Waals surface area contributed by atoms with Crippen molar-refractivity contribution in [1.29, 1.82) is 0 Å². The lowest BCUT2D eigenvalue weighted by Crippen LogP contribution is -2.32. The van der Waals surface area contributed by atoms with E-state index in [-0.39, 0.29) is 10.6 Å². The minimum absolute atomic E-state index is 0.116. The molecule has 0 atom stereocenters. The van der Waals surface area contributed by atoms with Crippen molar-refractivity contribution >= 4 is 28.2 Å². The lowest BCUT2D eigenvalue weighted by atomic mass is 9.90. The maximum Gasteiger partial charge on any atom is 0.271 e. The molecule has 0 spiro atoms. The van der Waals surface area contributed by atoms with Gasteiger partial charge in [-0.25, -0.2) is 0 Å². The van der Waals surface area contributed by atoms with E-state index >= 15 is 0 Å². The fraction of sp³-hybridized carbons (Fsp3) is 0.500. The highest BCUT2D eigenvalue weighted by Crippen LogP contribution is 2.37. The minimum Gasteiger partial charge on any atom is -0.343 e. The van der Waals surface area contributed by atoms with Crippen molar-refractivity contribution in [2.45, 2.75) is 37.8 Å². The zero-order chi connectivity index (χ0) is 15.9. The first-order chi connectivity index (χ1) is 10.5. The molecule has 0 saturated heterocycles. The second kappa shape index (κ2) is 5.89. The molecule has 1 saturated carbocycles. The van der Waals surface area contributed by atoms with Gasteiger partial charge in [0.05, 0.1) is 15.5 Å². The third kappa shape index (κ3) is 2.71. The number of rotatable bonds is 3. The lowest BCUT2D eigenvalue weighted by Gasteiger charge is -2.33. The molecule has 2 aromatic rings. The van der Waals surface area contributed by atoms with E-state index in [1.807, 2.05) is 6.20 Å². The van der Waals surface area contributed by atoms with Crippen LogP contribution in [0, 0.1) is 10.1 Å². The van der Waals surface area contributed by atoms with Gasteiger partial charge in [0.15, 0.2) is 0 Å². The molecule has 0 unspecified atom stereocenters. The van der Waals surface area contributed by atoms with Gasteiger partial charge in [0.25, 0.3) is 5.69 Å². The Kier molecular flexibility index (Phi) is 4.10. The van der Waals surface area contributed by atoms with Crippen LogP contribution in [0.3, 0.4) is 0 Å². The molecule has 0 N–H and O–H groups in total. The Morgan fingerprint density at radius 3 is 2.55 bits per heavy atom. The summed E-state index contributed by atoms with van der Waals surface area (Å²) in [5.41, 5.74) is 0.984. The normalized spacial score (nSPS) is 22.4. The molecular formula is C16H20ClN3O2. The number of benzene rings is 1. The molecule has 118 valence electrons. The first-order valence-electron chi connectivity index (χ1n) is 7.58. The zero-order valence-electron chi connectivity index (χ0n) is 12.8. The molecule has 0 radical (unpaired) electrons. The van der Waals surface area contributed by atoms with Crippen molar-refractivity contribution in [3.63, 3.8) is 0 Å². The summed E-state index contributed by atoms with van der Waals surface area (Å²) in [6, 6.07) is 5.90. The number of nitro benzene ring substituents is 1. The van der Waals surface area contributed by atoms with Crippen molar-refractivity contribution in [3.05, 3.63) is 39.5 Å². The van der Waals surface area contributed by atoms with Gasteiger partial charge in [-0.05, 0) is 45.8 Å². The van der Waals surface area contributed by atoms with Gasteiger partial charge < -0.3 is 9.47 Å². The third-order valence-corrected chi connectivity index (χ3v) is 5.07. The number of aromatic nitrogens is 1. The summed E-state index contributed by atoms with van der Waals surface area (Å²) < 4.78 is 2.14. The molecule has 1 aromatic carbocycles. The monoisotopic (exact) mass is 321 g/mol. The van der Waals surface area contributed by atoms with E-state index in [2.05, 4.69) is 23.6 Å². The minimum atomic E-state index is -0.354. The van der Waals surface area contributed by atoms with Gasteiger partial charge in [-0.15, -0.1) is 0 Å². The molecule has 5 nitrogen and oxygen atoms in total. The molecule has 1 aromatic heterocycles. The molecule has 3 rings (SSSR count). The van der Waals surface area contributed by atoms with E-state index in [1.165, 1.54) is 6.07 Å². The van der Waals surface area contributed by atoms with Crippen molar-refractivity contribution < 1.29 is 4.92 Å². The lowest BCUT2D eigenvalue weighted by molar-refractivity contribution is -0.384. The van der Waals surface area contributed by atoms with Crippen LogP contribution in [0.1, 0.15) is 31.7 Å². The Morgan fingerprint density at radius 2 is 1.95 bits per heavy atom. The standard InChI is InChI=1S/C16H20ClN3O2/c1-18(2)11-3-5-12(6-4-11)19-10-15(17)14-8-7-13(20(21)22)9-16(14)19/h7-12H,3-6H2,1-2H3. The van der Waals surface area contributed by atoms with Crippen LogP contribution in [0.15, 0.2) is 24.4 Å². The molecule has 1 aliphatic carbocycles. The Bertz CT molecular complexity index is 703. The average Bonchev–Trinajstić information content (AvgIpc) is 2.84. The van der Waals surface area contributed by atoms with Gasteiger partial charge >= 0.3 is 0 Å². The molecule has 22 heavy (non-hydrogen) atoms. The Labute approximate surface area is 134 Å². The fourth-order valence-corrected chi connectivity index (χ4v) is 3.73. The Hall–Kier alpha value is -1.59. The summed E-state index contributed by atoms with van der Waals surface area (Å²) in [5, 5.41) is 12.6. The van der Waals surface area contributed by atoms with Crippen LogP contribution in [0.2, 0.25) is 5.02 Å². The van der Waals surface area contributed by atoms with Crippen LogP contribution < -0.4 is 0 Å². The number of nitro groups is 1. The summed E-state index contributed by atoms with van der Waals surface area (Å²) >= 11 is 6.31. The predicted molar refractivity (Wildman–Crippen MR) is 88.6 cm³/mol. The largest absolute Gasteiger partial charge is 0.343 e. The Morgan fingerprint density at radius 1 is 1.27 bits per heavy atom. The van der Waals surface area contributed by atoms with E-state index < -0.39 is 0 Å². The molecular weight excluding hydrogens is 302 g/mol. The van der Waals surface area contributed by atoms with Crippen LogP contribution in [-0.2, 0) is 0 Å². The highest BCUT2D eigenvalue weighted by Gasteiger charge is 2.25. The van der Waals surface area contributed by atoms with E-state index in [9.17, 15) is 10.1 Å². The quantitative estimate of drug-likeness (QED) is 0.627. The molecule has 1 heterocycles. The fourth-order valence-electron chi connectivity index (χ4n) is 3.47. The Balaban J connectivity index is 1.94. The van der Waals surface area contributed by atoms with Crippen LogP contribution in [0.5, 0.6) is 0 Å².